The first-order valence-corrected chi connectivity index (χ1v) is 8.09. The van der Waals surface area contributed by atoms with Crippen LogP contribution in [0.25, 0.3) is 0 Å². The van der Waals surface area contributed by atoms with E-state index < -0.39 is 0 Å². The fraction of sp³-hybridized carbons (Fsp3) is 0.714. The van der Waals surface area contributed by atoms with Crippen LogP contribution in [0.15, 0.2) is 0 Å². The van der Waals surface area contributed by atoms with Crippen LogP contribution in [-0.2, 0) is 4.74 Å². The van der Waals surface area contributed by atoms with Gasteiger partial charge in [0.1, 0.15) is 0 Å². The number of anilines is 1. The first-order chi connectivity index (χ1) is 9.63. The minimum Gasteiger partial charge on any atom is -0.461 e. The lowest BCUT2D eigenvalue weighted by atomic mass is 10.1. The van der Waals surface area contributed by atoms with Gasteiger partial charge >= 0.3 is 5.97 Å². The number of nitrogens with zero attached hydrogens (tertiary/aromatic N) is 2. The number of likely N-dealkylation sites (tertiary alicyclic amines) is 1. The molecule has 1 aliphatic rings. The molecule has 20 heavy (non-hydrogen) atoms. The van der Waals surface area contributed by atoms with E-state index in [-0.39, 0.29) is 5.97 Å². The smallest absolute Gasteiger partial charge is 0.358 e. The molecule has 5 nitrogen and oxygen atoms in total. The molecule has 112 valence electrons. The molecule has 1 aromatic heterocycles. The summed E-state index contributed by atoms with van der Waals surface area (Å²) in [6, 6.07) is 0.421. The molecular weight excluding hydrogens is 274 g/mol. The molecular formula is C14H23N3O2S. The van der Waals surface area contributed by atoms with Crippen LogP contribution in [0.5, 0.6) is 0 Å². The van der Waals surface area contributed by atoms with Crippen molar-refractivity contribution >= 4 is 22.4 Å². The van der Waals surface area contributed by atoms with Crippen molar-refractivity contribution in [3.8, 4) is 0 Å². The number of carbonyl (C=O) groups excluding carboxylic acids is 1. The van der Waals surface area contributed by atoms with E-state index in [4.69, 9.17) is 4.74 Å². The molecule has 0 aliphatic carbocycles. The van der Waals surface area contributed by atoms with Crippen LogP contribution >= 0.6 is 11.3 Å². The number of ether oxygens (including phenoxy) is 1. The van der Waals surface area contributed by atoms with Crippen molar-refractivity contribution in [3.05, 3.63) is 10.6 Å². The summed E-state index contributed by atoms with van der Waals surface area (Å²) in [5.41, 5.74) is 0.447. The van der Waals surface area contributed by atoms with E-state index in [9.17, 15) is 4.79 Å². The number of piperidine rings is 1. The first-order valence-electron chi connectivity index (χ1n) is 7.27. The average Bonchev–Trinajstić information content (AvgIpc) is 2.80. The van der Waals surface area contributed by atoms with E-state index >= 15 is 0 Å². The Kier molecular flexibility index (Phi) is 5.37. The summed E-state index contributed by atoms with van der Waals surface area (Å²) in [6.45, 7) is 9.60. The summed E-state index contributed by atoms with van der Waals surface area (Å²) in [4.78, 5) is 19.5. The number of esters is 1. The second kappa shape index (κ2) is 7.04. The highest BCUT2D eigenvalue weighted by molar-refractivity contribution is 7.15. The van der Waals surface area contributed by atoms with Crippen molar-refractivity contribution in [3.63, 3.8) is 0 Å². The van der Waals surface area contributed by atoms with Crippen LogP contribution in [-0.4, -0.2) is 48.1 Å². The first kappa shape index (κ1) is 15.3. The molecule has 0 saturated carbocycles. The van der Waals surface area contributed by atoms with Crippen LogP contribution in [0.1, 0.15) is 42.1 Å². The molecule has 1 saturated heterocycles. The van der Waals surface area contributed by atoms with Crippen LogP contribution < -0.4 is 5.32 Å². The fourth-order valence-corrected chi connectivity index (χ4v) is 3.36. The van der Waals surface area contributed by atoms with Crippen molar-refractivity contribution in [2.45, 2.75) is 39.7 Å². The molecule has 0 amide bonds. The van der Waals surface area contributed by atoms with Gasteiger partial charge in [0.25, 0.3) is 0 Å². The topological polar surface area (TPSA) is 54.5 Å². The molecule has 1 aromatic rings. The highest BCUT2D eigenvalue weighted by Crippen LogP contribution is 2.25. The van der Waals surface area contributed by atoms with E-state index in [2.05, 4.69) is 22.1 Å². The van der Waals surface area contributed by atoms with Crippen molar-refractivity contribution in [1.82, 2.24) is 9.88 Å². The Morgan fingerprint density at radius 1 is 1.55 bits per heavy atom. The summed E-state index contributed by atoms with van der Waals surface area (Å²) < 4.78 is 5.02. The number of carbonyl (C=O) groups is 1. The van der Waals surface area contributed by atoms with Crippen LogP contribution in [0, 0.1) is 6.92 Å². The molecule has 2 heterocycles. The molecule has 2 rings (SSSR count). The lowest BCUT2D eigenvalue weighted by Gasteiger charge is -2.32. The Hall–Kier alpha value is -1.14. The zero-order chi connectivity index (χ0) is 14.5. The highest BCUT2D eigenvalue weighted by atomic mass is 32.1. The van der Waals surface area contributed by atoms with Gasteiger partial charge in [0.15, 0.2) is 10.8 Å². The van der Waals surface area contributed by atoms with E-state index in [1.165, 1.54) is 24.3 Å². The molecule has 0 aromatic carbocycles. The van der Waals surface area contributed by atoms with Crippen LogP contribution in [0.4, 0.5) is 5.13 Å². The number of aromatic nitrogens is 1. The Balaban J connectivity index is 1.99. The van der Waals surface area contributed by atoms with Crippen molar-refractivity contribution in [2.24, 2.45) is 0 Å². The van der Waals surface area contributed by atoms with Gasteiger partial charge in [-0.15, -0.1) is 11.3 Å². The lowest BCUT2D eigenvalue weighted by molar-refractivity contribution is 0.0519. The number of hydrogen-bond donors (Lipinski definition) is 1. The summed E-state index contributed by atoms with van der Waals surface area (Å²) in [5.74, 6) is -0.326. The Bertz CT molecular complexity index is 461. The van der Waals surface area contributed by atoms with Gasteiger partial charge in [-0.05, 0) is 39.8 Å². The molecule has 1 fully saturated rings. The van der Waals surface area contributed by atoms with Gasteiger partial charge in [-0.2, -0.15) is 0 Å². The normalized spacial score (nSPS) is 19.9. The summed E-state index contributed by atoms with van der Waals surface area (Å²) in [7, 11) is 0. The van der Waals surface area contributed by atoms with Gasteiger partial charge in [-0.3, -0.25) is 0 Å². The van der Waals surface area contributed by atoms with E-state index in [1.807, 2.05) is 6.92 Å². The predicted molar refractivity (Wildman–Crippen MR) is 81.6 cm³/mol. The maximum Gasteiger partial charge on any atom is 0.358 e. The molecule has 1 N–H and O–H groups in total. The quantitative estimate of drug-likeness (QED) is 0.846. The number of hydrogen-bond acceptors (Lipinski definition) is 6. The van der Waals surface area contributed by atoms with Crippen molar-refractivity contribution in [2.75, 3.05) is 31.6 Å². The SMILES string of the molecule is CCOC(=O)c1nc(NC2CCCN(CC)C2)sc1C. The van der Waals surface area contributed by atoms with Gasteiger partial charge in [-0.1, -0.05) is 6.92 Å². The highest BCUT2D eigenvalue weighted by Gasteiger charge is 2.21. The van der Waals surface area contributed by atoms with Crippen molar-refractivity contribution < 1.29 is 9.53 Å². The third kappa shape index (κ3) is 3.70. The number of rotatable bonds is 5. The molecule has 1 atom stereocenters. The molecule has 0 bridgehead atoms. The number of thiazole rings is 1. The van der Waals surface area contributed by atoms with Crippen molar-refractivity contribution in [1.29, 1.82) is 0 Å². The number of likely N-dealkylation sites (N-methyl/N-ethyl adjacent to an activating group) is 1. The van der Waals surface area contributed by atoms with E-state index in [1.54, 1.807) is 6.92 Å². The van der Waals surface area contributed by atoms with Gasteiger partial charge in [0, 0.05) is 17.5 Å². The Morgan fingerprint density at radius 2 is 2.35 bits per heavy atom. The molecule has 1 aliphatic heterocycles. The lowest BCUT2D eigenvalue weighted by Crippen LogP contribution is -2.41. The second-order valence-electron chi connectivity index (χ2n) is 5.02. The molecule has 0 radical (unpaired) electrons. The predicted octanol–water partition coefficient (Wildman–Crippen LogP) is 2.52. The zero-order valence-electron chi connectivity index (χ0n) is 12.4. The van der Waals surface area contributed by atoms with Gasteiger partial charge < -0.3 is 15.0 Å². The third-order valence-corrected chi connectivity index (χ3v) is 4.45. The van der Waals surface area contributed by atoms with Gasteiger partial charge in [0.05, 0.1) is 6.61 Å². The molecule has 6 heteroatoms. The fourth-order valence-electron chi connectivity index (χ4n) is 2.48. The van der Waals surface area contributed by atoms with E-state index in [0.717, 1.165) is 29.5 Å². The van der Waals surface area contributed by atoms with Gasteiger partial charge in [-0.25, -0.2) is 9.78 Å². The van der Waals surface area contributed by atoms with Crippen LogP contribution in [0.3, 0.4) is 0 Å². The monoisotopic (exact) mass is 297 g/mol. The van der Waals surface area contributed by atoms with Gasteiger partial charge in [0.2, 0.25) is 0 Å². The minimum atomic E-state index is -0.326. The zero-order valence-corrected chi connectivity index (χ0v) is 13.3. The summed E-state index contributed by atoms with van der Waals surface area (Å²) in [6.07, 6.45) is 2.37. The molecule has 1 unspecified atom stereocenters. The standard InChI is InChI=1S/C14H23N3O2S/c1-4-17-8-6-7-11(9-17)15-14-16-12(10(3)20-14)13(18)19-5-2/h11H,4-9H2,1-3H3,(H,15,16). The maximum absolute atomic E-state index is 11.8. The Labute approximate surface area is 124 Å². The van der Waals surface area contributed by atoms with Crippen LogP contribution in [0.2, 0.25) is 0 Å². The average molecular weight is 297 g/mol. The minimum absolute atomic E-state index is 0.326. The number of aryl methyl sites for hydroxylation is 1. The number of nitrogens with one attached hydrogen (secondary N) is 1. The molecule has 0 spiro atoms. The third-order valence-electron chi connectivity index (χ3n) is 3.55. The summed E-state index contributed by atoms with van der Waals surface area (Å²) >= 11 is 1.53. The maximum atomic E-state index is 11.8. The second-order valence-corrected chi connectivity index (χ2v) is 6.22. The largest absolute Gasteiger partial charge is 0.461 e. The summed E-state index contributed by atoms with van der Waals surface area (Å²) in [5, 5.41) is 4.29. The Morgan fingerprint density at radius 3 is 3.05 bits per heavy atom. The van der Waals surface area contributed by atoms with E-state index in [0.29, 0.717) is 18.3 Å².